The number of carbonyl (C=O) groups is 1. The van der Waals surface area contributed by atoms with E-state index in [0.29, 0.717) is 12.2 Å². The average Bonchev–Trinajstić information content (AvgIpc) is 2.87. The molecule has 0 bridgehead atoms. The highest BCUT2D eigenvalue weighted by molar-refractivity contribution is 7.07. The number of thiophene rings is 1. The van der Waals surface area contributed by atoms with Crippen LogP contribution in [0.5, 0.6) is 0 Å². The van der Waals surface area contributed by atoms with Gasteiger partial charge in [-0.05, 0) is 22.9 Å². The summed E-state index contributed by atoms with van der Waals surface area (Å²) in [6.45, 7) is 0.313. The van der Waals surface area contributed by atoms with Crippen LogP contribution in [0.15, 0.2) is 39.8 Å². The van der Waals surface area contributed by atoms with Gasteiger partial charge in [-0.25, -0.2) is 4.79 Å². The van der Waals surface area contributed by atoms with Gasteiger partial charge in [-0.2, -0.15) is 11.3 Å². The first-order valence-electron chi connectivity index (χ1n) is 4.06. The lowest BCUT2D eigenvalue weighted by Crippen LogP contribution is -2.03. The van der Waals surface area contributed by atoms with Crippen molar-refractivity contribution in [1.29, 1.82) is 0 Å². The van der Waals surface area contributed by atoms with Gasteiger partial charge in [-0.1, -0.05) is 0 Å². The second-order valence-electron chi connectivity index (χ2n) is 2.72. The van der Waals surface area contributed by atoms with E-state index in [-0.39, 0.29) is 5.97 Å². The number of hydrogen-bond acceptors (Lipinski definition) is 4. The van der Waals surface area contributed by atoms with Crippen LogP contribution in [0.1, 0.15) is 15.9 Å². The third-order valence-corrected chi connectivity index (χ3v) is 2.44. The Hall–Kier alpha value is -1.55. The quantitative estimate of drug-likeness (QED) is 0.728. The van der Waals surface area contributed by atoms with E-state index >= 15 is 0 Å². The number of furan rings is 1. The Morgan fingerprint density at radius 2 is 2.43 bits per heavy atom. The van der Waals surface area contributed by atoms with Crippen LogP contribution < -0.4 is 0 Å². The van der Waals surface area contributed by atoms with E-state index < -0.39 is 0 Å². The Labute approximate surface area is 84.9 Å². The Kier molecular flexibility index (Phi) is 2.65. The Balaban J connectivity index is 1.90. The summed E-state index contributed by atoms with van der Waals surface area (Å²) in [7, 11) is 0. The molecule has 0 unspecified atom stereocenters. The van der Waals surface area contributed by atoms with Gasteiger partial charge in [-0.3, -0.25) is 0 Å². The van der Waals surface area contributed by atoms with Gasteiger partial charge in [0.25, 0.3) is 0 Å². The minimum Gasteiger partial charge on any atom is -0.472 e. The highest BCUT2D eigenvalue weighted by Crippen LogP contribution is 2.09. The Morgan fingerprint density at radius 3 is 3.07 bits per heavy atom. The highest BCUT2D eigenvalue weighted by atomic mass is 32.1. The SMILES string of the molecule is O=C(OCc1ccsc1)c1ccoc1. The van der Waals surface area contributed by atoms with Crippen LogP contribution in [0.4, 0.5) is 0 Å². The van der Waals surface area contributed by atoms with Crippen molar-refractivity contribution < 1.29 is 13.9 Å². The molecule has 0 fully saturated rings. The molecule has 0 N–H and O–H groups in total. The van der Waals surface area contributed by atoms with Crippen molar-refractivity contribution in [3.63, 3.8) is 0 Å². The van der Waals surface area contributed by atoms with Crippen LogP contribution in [-0.4, -0.2) is 5.97 Å². The predicted molar refractivity (Wildman–Crippen MR) is 52.1 cm³/mol. The van der Waals surface area contributed by atoms with Crippen molar-refractivity contribution in [2.75, 3.05) is 0 Å². The van der Waals surface area contributed by atoms with E-state index in [4.69, 9.17) is 9.15 Å². The number of carbonyl (C=O) groups excluding carboxylic acids is 1. The fourth-order valence-electron chi connectivity index (χ4n) is 0.988. The molecule has 2 aromatic rings. The average molecular weight is 208 g/mol. The molecule has 72 valence electrons. The maximum atomic E-state index is 11.3. The second kappa shape index (κ2) is 4.11. The zero-order valence-corrected chi connectivity index (χ0v) is 8.12. The molecule has 0 saturated heterocycles. The lowest BCUT2D eigenvalue weighted by atomic mass is 10.3. The third kappa shape index (κ3) is 2.03. The first-order chi connectivity index (χ1) is 6.86. The fourth-order valence-corrected chi connectivity index (χ4v) is 1.64. The zero-order chi connectivity index (χ0) is 9.80. The number of hydrogen-bond donors (Lipinski definition) is 0. The summed E-state index contributed by atoms with van der Waals surface area (Å²) in [5.74, 6) is -0.357. The molecule has 0 aliphatic rings. The molecule has 2 aromatic heterocycles. The van der Waals surface area contributed by atoms with Gasteiger partial charge < -0.3 is 9.15 Å². The van der Waals surface area contributed by atoms with E-state index in [0.717, 1.165) is 5.56 Å². The van der Waals surface area contributed by atoms with Crippen LogP contribution in [0, 0.1) is 0 Å². The summed E-state index contributed by atoms with van der Waals surface area (Å²) in [6.07, 6.45) is 2.82. The van der Waals surface area contributed by atoms with Gasteiger partial charge in [0.15, 0.2) is 0 Å². The minimum atomic E-state index is -0.357. The standard InChI is InChI=1S/C10H8O3S/c11-10(9-1-3-12-6-9)13-5-8-2-4-14-7-8/h1-4,6-7H,5H2. The zero-order valence-electron chi connectivity index (χ0n) is 7.30. The number of esters is 1. The Bertz CT molecular complexity index is 389. The topological polar surface area (TPSA) is 39.4 Å². The molecule has 0 aliphatic carbocycles. The molecule has 0 aromatic carbocycles. The molecule has 0 spiro atoms. The lowest BCUT2D eigenvalue weighted by molar-refractivity contribution is 0.0472. The van der Waals surface area contributed by atoms with Crippen LogP contribution >= 0.6 is 11.3 Å². The molecule has 0 amide bonds. The molecule has 0 atom stereocenters. The van der Waals surface area contributed by atoms with Crippen LogP contribution in [0.2, 0.25) is 0 Å². The molecule has 0 aliphatic heterocycles. The summed E-state index contributed by atoms with van der Waals surface area (Å²) >= 11 is 1.58. The van der Waals surface area contributed by atoms with Crippen molar-refractivity contribution in [2.24, 2.45) is 0 Å². The van der Waals surface area contributed by atoms with Gasteiger partial charge >= 0.3 is 5.97 Å². The van der Waals surface area contributed by atoms with E-state index in [1.807, 2.05) is 16.8 Å². The normalized spacial score (nSPS) is 10.0. The molecule has 4 heteroatoms. The highest BCUT2D eigenvalue weighted by Gasteiger charge is 2.07. The molecule has 0 radical (unpaired) electrons. The molecular weight excluding hydrogens is 200 g/mol. The molecule has 14 heavy (non-hydrogen) atoms. The van der Waals surface area contributed by atoms with Gasteiger partial charge in [0.2, 0.25) is 0 Å². The maximum Gasteiger partial charge on any atom is 0.341 e. The van der Waals surface area contributed by atoms with Gasteiger partial charge in [0, 0.05) is 5.56 Å². The summed E-state index contributed by atoms with van der Waals surface area (Å²) in [5, 5.41) is 3.89. The van der Waals surface area contributed by atoms with E-state index in [1.165, 1.54) is 12.5 Å². The summed E-state index contributed by atoms with van der Waals surface area (Å²) in [5.41, 5.74) is 1.45. The van der Waals surface area contributed by atoms with Crippen LogP contribution in [-0.2, 0) is 11.3 Å². The lowest BCUT2D eigenvalue weighted by Gasteiger charge is -1.99. The summed E-state index contributed by atoms with van der Waals surface area (Å²) < 4.78 is 9.81. The second-order valence-corrected chi connectivity index (χ2v) is 3.50. The number of ether oxygens (including phenoxy) is 1. The largest absolute Gasteiger partial charge is 0.472 e. The molecule has 2 heterocycles. The van der Waals surface area contributed by atoms with Crippen molar-refractivity contribution in [3.8, 4) is 0 Å². The van der Waals surface area contributed by atoms with Gasteiger partial charge in [0.05, 0.1) is 11.8 Å². The monoisotopic (exact) mass is 208 g/mol. The van der Waals surface area contributed by atoms with E-state index in [1.54, 1.807) is 17.4 Å². The summed E-state index contributed by atoms with van der Waals surface area (Å²) in [4.78, 5) is 11.3. The van der Waals surface area contributed by atoms with Crippen molar-refractivity contribution >= 4 is 17.3 Å². The first-order valence-corrected chi connectivity index (χ1v) is 5.01. The van der Waals surface area contributed by atoms with Crippen molar-refractivity contribution in [1.82, 2.24) is 0 Å². The van der Waals surface area contributed by atoms with Crippen molar-refractivity contribution in [3.05, 3.63) is 46.5 Å². The maximum absolute atomic E-state index is 11.3. The minimum absolute atomic E-state index is 0.313. The van der Waals surface area contributed by atoms with E-state index in [9.17, 15) is 4.79 Å². The molecule has 3 nitrogen and oxygen atoms in total. The fraction of sp³-hybridized carbons (Fsp3) is 0.100. The van der Waals surface area contributed by atoms with Crippen LogP contribution in [0.3, 0.4) is 0 Å². The predicted octanol–water partition coefficient (Wildman–Crippen LogP) is 2.70. The third-order valence-electron chi connectivity index (χ3n) is 1.71. The number of rotatable bonds is 3. The van der Waals surface area contributed by atoms with Gasteiger partial charge in [0.1, 0.15) is 12.9 Å². The first kappa shape index (κ1) is 9.02. The molecule has 0 saturated carbocycles. The molecular formula is C10H8O3S. The van der Waals surface area contributed by atoms with E-state index in [2.05, 4.69) is 0 Å². The smallest absolute Gasteiger partial charge is 0.341 e. The Morgan fingerprint density at radius 1 is 1.50 bits per heavy atom. The molecule has 2 rings (SSSR count). The summed E-state index contributed by atoms with van der Waals surface area (Å²) in [6, 6.07) is 3.50. The van der Waals surface area contributed by atoms with Crippen LogP contribution in [0.25, 0.3) is 0 Å². The van der Waals surface area contributed by atoms with Gasteiger partial charge in [-0.15, -0.1) is 0 Å². The van der Waals surface area contributed by atoms with Crippen molar-refractivity contribution in [2.45, 2.75) is 6.61 Å².